The van der Waals surface area contributed by atoms with Gasteiger partial charge < -0.3 is 10.1 Å². The Hall–Kier alpha value is -1.10. The first-order chi connectivity index (χ1) is 9.10. The second-order valence-electron chi connectivity index (χ2n) is 4.17. The van der Waals surface area contributed by atoms with E-state index in [1.54, 1.807) is 6.20 Å². The van der Waals surface area contributed by atoms with Crippen LogP contribution in [0.5, 0.6) is 11.6 Å². The molecule has 0 atom stereocenters. The van der Waals surface area contributed by atoms with Crippen molar-refractivity contribution in [2.24, 2.45) is 0 Å². The van der Waals surface area contributed by atoms with E-state index in [9.17, 15) is 0 Å². The summed E-state index contributed by atoms with van der Waals surface area (Å²) < 4.78 is 6.76. The zero-order valence-corrected chi connectivity index (χ0v) is 13.0. The quantitative estimate of drug-likeness (QED) is 0.899. The third kappa shape index (κ3) is 3.69. The monoisotopic (exact) mass is 340 g/mol. The maximum Gasteiger partial charge on any atom is 0.238 e. The van der Waals surface area contributed by atoms with Crippen LogP contribution in [0.2, 0.25) is 5.02 Å². The molecular weight excluding hydrogens is 328 g/mol. The lowest BCUT2D eigenvalue weighted by molar-refractivity contribution is 0.459. The third-order valence-electron chi connectivity index (χ3n) is 2.59. The Morgan fingerprint density at radius 2 is 2.16 bits per heavy atom. The van der Waals surface area contributed by atoms with E-state index in [1.807, 2.05) is 38.2 Å². The van der Waals surface area contributed by atoms with Crippen LogP contribution in [-0.2, 0) is 6.54 Å². The van der Waals surface area contributed by atoms with E-state index >= 15 is 0 Å². The van der Waals surface area contributed by atoms with Gasteiger partial charge in [0.25, 0.3) is 0 Å². The Morgan fingerprint density at radius 3 is 2.79 bits per heavy atom. The molecule has 19 heavy (non-hydrogen) atoms. The molecular formula is C14H14BrClN2O. The molecule has 0 aliphatic heterocycles. The van der Waals surface area contributed by atoms with E-state index in [-0.39, 0.29) is 0 Å². The SMILES string of the molecule is CNCc1cnc(Oc2ccc(Br)cc2C)c(Cl)c1. The van der Waals surface area contributed by atoms with E-state index in [4.69, 9.17) is 16.3 Å². The molecule has 1 heterocycles. The first-order valence-electron chi connectivity index (χ1n) is 5.83. The van der Waals surface area contributed by atoms with Crippen LogP contribution in [0.15, 0.2) is 34.9 Å². The van der Waals surface area contributed by atoms with E-state index in [2.05, 4.69) is 26.2 Å². The molecule has 0 saturated heterocycles. The number of nitrogens with one attached hydrogen (secondary N) is 1. The highest BCUT2D eigenvalue weighted by molar-refractivity contribution is 9.10. The fourth-order valence-corrected chi connectivity index (χ4v) is 2.38. The van der Waals surface area contributed by atoms with Crippen LogP contribution in [0.4, 0.5) is 0 Å². The van der Waals surface area contributed by atoms with Gasteiger partial charge in [-0.1, -0.05) is 27.5 Å². The number of aromatic nitrogens is 1. The van der Waals surface area contributed by atoms with E-state index in [0.29, 0.717) is 10.9 Å². The van der Waals surface area contributed by atoms with Gasteiger partial charge in [0.2, 0.25) is 5.88 Å². The number of hydrogen-bond donors (Lipinski definition) is 1. The normalized spacial score (nSPS) is 10.5. The Morgan fingerprint density at radius 1 is 1.37 bits per heavy atom. The molecule has 0 spiro atoms. The molecule has 0 fully saturated rings. The molecule has 1 N–H and O–H groups in total. The van der Waals surface area contributed by atoms with Gasteiger partial charge in [0.1, 0.15) is 10.8 Å². The lowest BCUT2D eigenvalue weighted by Gasteiger charge is -2.10. The van der Waals surface area contributed by atoms with Crippen molar-refractivity contribution in [2.45, 2.75) is 13.5 Å². The zero-order valence-electron chi connectivity index (χ0n) is 10.7. The Bertz CT molecular complexity index is 590. The number of hydrogen-bond acceptors (Lipinski definition) is 3. The predicted octanol–water partition coefficient (Wildman–Crippen LogP) is 4.32. The molecule has 5 heteroatoms. The molecule has 100 valence electrons. The molecule has 0 aliphatic rings. The number of pyridine rings is 1. The van der Waals surface area contributed by atoms with Gasteiger partial charge in [-0.05, 0) is 49.4 Å². The maximum atomic E-state index is 6.17. The van der Waals surface area contributed by atoms with Crippen LogP contribution in [0.1, 0.15) is 11.1 Å². The first-order valence-corrected chi connectivity index (χ1v) is 7.00. The summed E-state index contributed by atoms with van der Waals surface area (Å²) in [5, 5.41) is 3.56. The largest absolute Gasteiger partial charge is 0.437 e. The molecule has 2 aromatic rings. The number of nitrogens with zero attached hydrogens (tertiary/aromatic N) is 1. The van der Waals surface area contributed by atoms with Gasteiger partial charge in [0.15, 0.2) is 0 Å². The summed E-state index contributed by atoms with van der Waals surface area (Å²) in [6.45, 7) is 2.70. The molecule has 0 bridgehead atoms. The van der Waals surface area contributed by atoms with E-state index in [1.165, 1.54) is 0 Å². The second-order valence-corrected chi connectivity index (χ2v) is 5.50. The second kappa shape index (κ2) is 6.37. The molecule has 1 aromatic heterocycles. The number of ether oxygens (including phenoxy) is 1. The van der Waals surface area contributed by atoms with Gasteiger partial charge in [-0.2, -0.15) is 0 Å². The predicted molar refractivity (Wildman–Crippen MR) is 81.0 cm³/mol. The smallest absolute Gasteiger partial charge is 0.238 e. The van der Waals surface area contributed by atoms with E-state index in [0.717, 1.165) is 27.9 Å². The fourth-order valence-electron chi connectivity index (χ4n) is 1.67. The van der Waals surface area contributed by atoms with Crippen LogP contribution >= 0.6 is 27.5 Å². The molecule has 0 unspecified atom stereocenters. The summed E-state index contributed by atoms with van der Waals surface area (Å²) in [7, 11) is 1.88. The number of halogens is 2. The summed E-state index contributed by atoms with van der Waals surface area (Å²) in [5.41, 5.74) is 2.04. The van der Waals surface area contributed by atoms with Crippen LogP contribution in [0, 0.1) is 6.92 Å². The van der Waals surface area contributed by atoms with Crippen LogP contribution in [0.25, 0.3) is 0 Å². The summed E-state index contributed by atoms with van der Waals surface area (Å²) in [4.78, 5) is 4.25. The highest BCUT2D eigenvalue weighted by Crippen LogP contribution is 2.30. The van der Waals surface area contributed by atoms with Crippen molar-refractivity contribution < 1.29 is 4.74 Å². The standard InChI is InChI=1S/C14H14BrClN2O/c1-9-5-11(15)3-4-13(9)19-14-12(16)6-10(7-17-2)8-18-14/h3-6,8,17H,7H2,1-2H3. The van der Waals surface area contributed by atoms with Crippen molar-refractivity contribution in [3.63, 3.8) is 0 Å². The van der Waals surface area contributed by atoms with Gasteiger partial charge in [0, 0.05) is 17.2 Å². The summed E-state index contributed by atoms with van der Waals surface area (Å²) in [6, 6.07) is 7.65. The van der Waals surface area contributed by atoms with Gasteiger partial charge in [-0.3, -0.25) is 0 Å². The Balaban J connectivity index is 2.23. The average Bonchev–Trinajstić information content (AvgIpc) is 2.36. The van der Waals surface area contributed by atoms with Crippen molar-refractivity contribution in [3.8, 4) is 11.6 Å². The number of benzene rings is 1. The lowest BCUT2D eigenvalue weighted by atomic mass is 10.2. The minimum absolute atomic E-state index is 0.423. The van der Waals surface area contributed by atoms with Crippen LogP contribution < -0.4 is 10.1 Å². The molecule has 0 amide bonds. The van der Waals surface area contributed by atoms with Crippen molar-refractivity contribution in [2.75, 3.05) is 7.05 Å². The van der Waals surface area contributed by atoms with Gasteiger partial charge in [-0.15, -0.1) is 0 Å². The van der Waals surface area contributed by atoms with Crippen molar-refractivity contribution in [1.82, 2.24) is 10.3 Å². The van der Waals surface area contributed by atoms with Crippen molar-refractivity contribution in [1.29, 1.82) is 0 Å². The highest BCUT2D eigenvalue weighted by Gasteiger charge is 2.08. The Labute approximate surface area is 126 Å². The van der Waals surface area contributed by atoms with Crippen LogP contribution in [0.3, 0.4) is 0 Å². The molecule has 1 aromatic carbocycles. The number of aryl methyl sites for hydroxylation is 1. The van der Waals surface area contributed by atoms with Gasteiger partial charge in [-0.25, -0.2) is 4.98 Å². The molecule has 2 rings (SSSR count). The lowest BCUT2D eigenvalue weighted by Crippen LogP contribution is -2.05. The summed E-state index contributed by atoms with van der Waals surface area (Å²) >= 11 is 9.59. The molecule has 3 nitrogen and oxygen atoms in total. The van der Waals surface area contributed by atoms with Crippen molar-refractivity contribution in [3.05, 3.63) is 51.1 Å². The minimum Gasteiger partial charge on any atom is -0.437 e. The van der Waals surface area contributed by atoms with Gasteiger partial charge in [0.05, 0.1) is 0 Å². The zero-order chi connectivity index (χ0) is 13.8. The summed E-state index contributed by atoms with van der Waals surface area (Å²) in [5.74, 6) is 1.17. The number of rotatable bonds is 4. The molecule has 0 radical (unpaired) electrons. The third-order valence-corrected chi connectivity index (χ3v) is 3.35. The average molecular weight is 342 g/mol. The maximum absolute atomic E-state index is 6.17. The minimum atomic E-state index is 0.423. The Kier molecular flexibility index (Phi) is 4.80. The first kappa shape index (κ1) is 14.3. The van der Waals surface area contributed by atoms with Crippen molar-refractivity contribution >= 4 is 27.5 Å². The highest BCUT2D eigenvalue weighted by atomic mass is 79.9. The van der Waals surface area contributed by atoms with Crippen LogP contribution in [-0.4, -0.2) is 12.0 Å². The summed E-state index contributed by atoms with van der Waals surface area (Å²) in [6.07, 6.45) is 1.76. The van der Waals surface area contributed by atoms with Gasteiger partial charge >= 0.3 is 0 Å². The van der Waals surface area contributed by atoms with E-state index < -0.39 is 0 Å². The molecule has 0 saturated carbocycles. The fraction of sp³-hybridized carbons (Fsp3) is 0.214. The molecule has 0 aliphatic carbocycles. The topological polar surface area (TPSA) is 34.2 Å².